The molecule has 0 aromatic heterocycles. The Kier molecular flexibility index (Phi) is 15.7. The van der Waals surface area contributed by atoms with E-state index in [1.54, 1.807) is 13.0 Å². The van der Waals surface area contributed by atoms with E-state index in [9.17, 15) is 14.4 Å². The third kappa shape index (κ3) is 14.1. The lowest BCUT2D eigenvalue weighted by Crippen LogP contribution is -2.30. The fourth-order valence-corrected chi connectivity index (χ4v) is 3.75. The molecule has 0 bridgehead atoms. The molecule has 1 unspecified atom stereocenters. The van der Waals surface area contributed by atoms with Crippen molar-refractivity contribution < 1.29 is 19.5 Å². The summed E-state index contributed by atoms with van der Waals surface area (Å²) in [7, 11) is 0. The van der Waals surface area contributed by atoms with Gasteiger partial charge < -0.3 is 21.1 Å². The summed E-state index contributed by atoms with van der Waals surface area (Å²) in [4.78, 5) is 33.7. The van der Waals surface area contributed by atoms with Gasteiger partial charge in [0, 0.05) is 31.1 Å². The van der Waals surface area contributed by atoms with Crippen LogP contribution in [0.1, 0.15) is 101 Å². The molecule has 4 N–H and O–H groups in total. The van der Waals surface area contributed by atoms with Crippen molar-refractivity contribution in [3.8, 4) is 11.8 Å². The largest absolute Gasteiger partial charge is 0.480 e. The number of carboxylic acid groups (broad SMARTS) is 1. The van der Waals surface area contributed by atoms with Crippen LogP contribution in [0.5, 0.6) is 0 Å². The molecule has 0 fully saturated rings. The number of carbonyl (C=O) groups excluding carboxylic acids is 2. The molecule has 0 aliphatic heterocycles. The number of anilines is 1. The molecule has 0 heterocycles. The molecule has 1 aromatic carbocycles. The SMILES string of the molecule is CCc1cc(NC(C#CCCCCCCCCCCNC(C)=O)CC)ccc1C(=O)NCC(=O)O. The number of hydrogen-bond donors (Lipinski definition) is 4. The second-order valence-electron chi connectivity index (χ2n) is 8.79. The summed E-state index contributed by atoms with van der Waals surface area (Å²) in [6.07, 6.45) is 12.0. The average Bonchev–Trinajstić information content (AvgIpc) is 2.84. The number of aryl methyl sites for hydroxylation is 1. The van der Waals surface area contributed by atoms with Gasteiger partial charge in [-0.3, -0.25) is 14.4 Å². The van der Waals surface area contributed by atoms with Gasteiger partial charge in [0.2, 0.25) is 5.91 Å². The lowest BCUT2D eigenvalue weighted by Gasteiger charge is -2.15. The van der Waals surface area contributed by atoms with Crippen molar-refractivity contribution in [2.75, 3.05) is 18.4 Å². The van der Waals surface area contributed by atoms with Crippen LogP contribution in [0.3, 0.4) is 0 Å². The zero-order valence-corrected chi connectivity index (χ0v) is 21.7. The average molecular weight is 486 g/mol. The van der Waals surface area contributed by atoms with Crippen LogP contribution < -0.4 is 16.0 Å². The van der Waals surface area contributed by atoms with Crippen LogP contribution in [0.4, 0.5) is 5.69 Å². The highest BCUT2D eigenvalue weighted by Gasteiger charge is 2.13. The monoisotopic (exact) mass is 485 g/mol. The molecule has 0 spiro atoms. The Morgan fingerprint density at radius 1 is 0.943 bits per heavy atom. The molecular weight excluding hydrogens is 442 g/mol. The van der Waals surface area contributed by atoms with E-state index in [0.717, 1.165) is 43.5 Å². The molecule has 194 valence electrons. The van der Waals surface area contributed by atoms with Crippen LogP contribution in [-0.2, 0) is 16.0 Å². The van der Waals surface area contributed by atoms with Gasteiger partial charge in [0.25, 0.3) is 5.91 Å². The Balaban J connectivity index is 2.33. The zero-order valence-electron chi connectivity index (χ0n) is 21.7. The number of carbonyl (C=O) groups is 3. The quantitative estimate of drug-likeness (QED) is 0.185. The van der Waals surface area contributed by atoms with E-state index < -0.39 is 12.5 Å². The first-order valence-corrected chi connectivity index (χ1v) is 13.0. The maximum absolute atomic E-state index is 12.2. The highest BCUT2D eigenvalue weighted by molar-refractivity contribution is 5.97. The van der Waals surface area contributed by atoms with Gasteiger partial charge in [-0.15, -0.1) is 5.92 Å². The second kappa shape index (κ2) is 18.3. The topological polar surface area (TPSA) is 108 Å². The third-order valence-corrected chi connectivity index (χ3v) is 5.76. The van der Waals surface area contributed by atoms with Crippen molar-refractivity contribution in [2.45, 2.75) is 97.4 Å². The van der Waals surface area contributed by atoms with E-state index in [2.05, 4.69) is 34.7 Å². The first-order chi connectivity index (χ1) is 16.9. The molecule has 2 amide bonds. The standard InChI is InChI=1S/C28H43N3O4/c1-4-23-20-25(17-18-26(23)28(35)30-21-27(33)34)31-24(5-2)16-14-12-10-8-6-7-9-11-13-15-19-29-22(3)32/h17-18,20,24,31H,4-13,15,19,21H2,1-3H3,(H,29,32)(H,30,35)(H,33,34). The highest BCUT2D eigenvalue weighted by atomic mass is 16.4. The van der Waals surface area contributed by atoms with Crippen molar-refractivity contribution in [1.29, 1.82) is 0 Å². The van der Waals surface area contributed by atoms with E-state index in [4.69, 9.17) is 5.11 Å². The molecule has 1 rings (SSSR count). The summed E-state index contributed by atoms with van der Waals surface area (Å²) in [5.41, 5.74) is 2.28. The van der Waals surface area contributed by atoms with Crippen molar-refractivity contribution >= 4 is 23.5 Å². The molecular formula is C28H43N3O4. The van der Waals surface area contributed by atoms with E-state index in [0.29, 0.717) is 12.0 Å². The van der Waals surface area contributed by atoms with Crippen molar-refractivity contribution in [2.24, 2.45) is 0 Å². The molecule has 0 aliphatic carbocycles. The molecule has 1 aromatic rings. The van der Waals surface area contributed by atoms with Gasteiger partial charge in [0.05, 0.1) is 6.04 Å². The minimum Gasteiger partial charge on any atom is -0.480 e. The summed E-state index contributed by atoms with van der Waals surface area (Å²) in [5.74, 6) is 5.25. The Labute approximate surface area is 210 Å². The zero-order chi connectivity index (χ0) is 25.9. The van der Waals surface area contributed by atoms with Crippen LogP contribution in [0.25, 0.3) is 0 Å². The van der Waals surface area contributed by atoms with Crippen LogP contribution in [-0.4, -0.2) is 42.0 Å². The summed E-state index contributed by atoms with van der Waals surface area (Å²) in [5, 5.41) is 17.5. The minimum atomic E-state index is -1.06. The lowest BCUT2D eigenvalue weighted by molar-refractivity contribution is -0.135. The number of benzene rings is 1. The Hall–Kier alpha value is -3.01. The molecule has 7 nitrogen and oxygen atoms in total. The first kappa shape index (κ1) is 30.0. The fraction of sp³-hybridized carbons (Fsp3) is 0.607. The number of rotatable bonds is 17. The maximum Gasteiger partial charge on any atom is 0.322 e. The van der Waals surface area contributed by atoms with Crippen molar-refractivity contribution in [3.63, 3.8) is 0 Å². The van der Waals surface area contributed by atoms with Gasteiger partial charge in [-0.25, -0.2) is 0 Å². The van der Waals surface area contributed by atoms with Gasteiger partial charge >= 0.3 is 5.97 Å². The van der Waals surface area contributed by atoms with Gasteiger partial charge in [-0.2, -0.15) is 0 Å². The van der Waals surface area contributed by atoms with Crippen molar-refractivity contribution in [3.05, 3.63) is 29.3 Å². The molecule has 1 atom stereocenters. The number of aliphatic carboxylic acids is 1. The number of unbranched alkanes of at least 4 members (excludes halogenated alkanes) is 8. The van der Waals surface area contributed by atoms with Crippen LogP contribution >= 0.6 is 0 Å². The maximum atomic E-state index is 12.2. The van der Waals surface area contributed by atoms with Gasteiger partial charge in [-0.1, -0.05) is 58.3 Å². The predicted molar refractivity (Wildman–Crippen MR) is 142 cm³/mol. The van der Waals surface area contributed by atoms with E-state index in [1.165, 1.54) is 38.5 Å². The Bertz CT molecular complexity index is 857. The van der Waals surface area contributed by atoms with Crippen LogP contribution in [0.2, 0.25) is 0 Å². The minimum absolute atomic E-state index is 0.0453. The number of amides is 2. The van der Waals surface area contributed by atoms with Gasteiger partial charge in [0.1, 0.15) is 6.54 Å². The van der Waals surface area contributed by atoms with E-state index in [1.807, 2.05) is 19.1 Å². The Morgan fingerprint density at radius 2 is 1.60 bits per heavy atom. The molecule has 0 saturated carbocycles. The van der Waals surface area contributed by atoms with Crippen molar-refractivity contribution in [1.82, 2.24) is 10.6 Å². The molecule has 0 saturated heterocycles. The van der Waals surface area contributed by atoms with Gasteiger partial charge in [-0.05, 0) is 49.4 Å². The smallest absolute Gasteiger partial charge is 0.322 e. The summed E-state index contributed by atoms with van der Waals surface area (Å²) >= 11 is 0. The summed E-state index contributed by atoms with van der Waals surface area (Å²) in [6.45, 7) is 6.02. The molecule has 7 heteroatoms. The van der Waals surface area contributed by atoms with Crippen LogP contribution in [0.15, 0.2) is 18.2 Å². The first-order valence-electron chi connectivity index (χ1n) is 13.0. The number of carboxylic acids is 1. The fourth-order valence-electron chi connectivity index (χ4n) is 3.75. The number of hydrogen-bond acceptors (Lipinski definition) is 4. The van der Waals surface area contributed by atoms with E-state index >= 15 is 0 Å². The molecule has 0 radical (unpaired) electrons. The lowest BCUT2D eigenvalue weighted by atomic mass is 10.0. The third-order valence-electron chi connectivity index (χ3n) is 5.76. The summed E-state index contributed by atoms with van der Waals surface area (Å²) in [6, 6.07) is 5.57. The normalized spacial score (nSPS) is 11.2. The molecule has 0 aliphatic rings. The Morgan fingerprint density at radius 3 is 2.20 bits per heavy atom. The van der Waals surface area contributed by atoms with Gasteiger partial charge in [0.15, 0.2) is 0 Å². The summed E-state index contributed by atoms with van der Waals surface area (Å²) < 4.78 is 0. The predicted octanol–water partition coefficient (Wildman–Crippen LogP) is 4.90. The van der Waals surface area contributed by atoms with E-state index in [-0.39, 0.29) is 17.9 Å². The molecule has 35 heavy (non-hydrogen) atoms. The second-order valence-corrected chi connectivity index (χ2v) is 8.79. The number of nitrogens with one attached hydrogen (secondary N) is 3. The highest BCUT2D eigenvalue weighted by Crippen LogP contribution is 2.18. The van der Waals surface area contributed by atoms with Crippen LogP contribution in [0, 0.1) is 11.8 Å².